The summed E-state index contributed by atoms with van der Waals surface area (Å²) in [7, 11) is 0. The molecule has 0 saturated carbocycles. The first-order valence-electron chi connectivity index (χ1n) is 10.2. The topological polar surface area (TPSA) is 92.6 Å². The zero-order valence-electron chi connectivity index (χ0n) is 18.2. The second-order valence-corrected chi connectivity index (χ2v) is 8.75. The highest BCUT2D eigenvalue weighted by molar-refractivity contribution is 7.15. The number of Topliss-reactive ketones (excluding diaryl/α,β-unsaturated/α-hetero) is 1. The average Bonchev–Trinajstić information content (AvgIpc) is 3.31. The van der Waals surface area contributed by atoms with Gasteiger partial charge in [0.05, 0.1) is 18.2 Å². The summed E-state index contributed by atoms with van der Waals surface area (Å²) in [4.78, 5) is 27.6. The highest BCUT2D eigenvalue weighted by Gasteiger charge is 2.48. The number of ketones is 1. The van der Waals surface area contributed by atoms with Gasteiger partial charge in [-0.3, -0.25) is 14.5 Å². The molecule has 0 radical (unpaired) electrons. The van der Waals surface area contributed by atoms with E-state index < -0.39 is 17.7 Å². The van der Waals surface area contributed by atoms with Crippen LogP contribution in [-0.2, 0) is 9.59 Å². The fraction of sp³-hybridized carbons (Fsp3) is 0.250. The van der Waals surface area contributed by atoms with Gasteiger partial charge in [0, 0.05) is 5.56 Å². The number of amides is 1. The average molecular weight is 450 g/mol. The molecule has 7 nitrogen and oxygen atoms in total. The van der Waals surface area contributed by atoms with E-state index in [4.69, 9.17) is 4.74 Å². The number of aliphatic hydroxyl groups is 1. The van der Waals surface area contributed by atoms with Crippen molar-refractivity contribution in [3.63, 3.8) is 0 Å². The summed E-state index contributed by atoms with van der Waals surface area (Å²) >= 11 is 1.22. The van der Waals surface area contributed by atoms with Gasteiger partial charge in [0.15, 0.2) is 0 Å². The lowest BCUT2D eigenvalue weighted by Gasteiger charge is -2.23. The Bertz CT molecular complexity index is 1230. The zero-order valence-corrected chi connectivity index (χ0v) is 19.1. The van der Waals surface area contributed by atoms with Crippen molar-refractivity contribution in [3.05, 3.63) is 75.3 Å². The zero-order chi connectivity index (χ0) is 23.0. The standard InChI is InChI=1S/C24H23N3O4S/c1-5-31-17-10-8-16(9-11-17)20-19(21(28)18-12-13(2)6-7-14(18)3)22(29)23(30)27(20)24-26-25-15(4)32-24/h6-12,20,28H,5H2,1-4H3. The molecule has 8 heteroatoms. The van der Waals surface area contributed by atoms with E-state index in [1.807, 2.05) is 39.0 Å². The summed E-state index contributed by atoms with van der Waals surface area (Å²) in [5.41, 5.74) is 2.95. The minimum Gasteiger partial charge on any atom is -0.507 e. The third-order valence-electron chi connectivity index (χ3n) is 5.32. The molecular weight excluding hydrogens is 426 g/mol. The lowest BCUT2D eigenvalue weighted by Crippen LogP contribution is -2.29. The summed E-state index contributed by atoms with van der Waals surface area (Å²) in [6.07, 6.45) is 0. The molecular formula is C24H23N3O4S. The Morgan fingerprint density at radius 3 is 2.44 bits per heavy atom. The van der Waals surface area contributed by atoms with Crippen LogP contribution < -0.4 is 9.64 Å². The van der Waals surface area contributed by atoms with E-state index in [0.717, 1.165) is 11.1 Å². The van der Waals surface area contributed by atoms with Crippen LogP contribution >= 0.6 is 11.3 Å². The van der Waals surface area contributed by atoms with Gasteiger partial charge in [-0.1, -0.05) is 41.2 Å². The second-order valence-electron chi connectivity index (χ2n) is 7.59. The first kappa shape index (κ1) is 21.7. The van der Waals surface area contributed by atoms with Crippen molar-refractivity contribution >= 4 is 33.9 Å². The number of carbonyl (C=O) groups excluding carboxylic acids is 2. The van der Waals surface area contributed by atoms with Crippen LogP contribution in [-0.4, -0.2) is 33.6 Å². The maximum Gasteiger partial charge on any atom is 0.301 e. The Morgan fingerprint density at radius 1 is 1.09 bits per heavy atom. The summed E-state index contributed by atoms with van der Waals surface area (Å²) < 4.78 is 5.52. The maximum atomic E-state index is 13.2. The van der Waals surface area contributed by atoms with Gasteiger partial charge in [-0.15, -0.1) is 10.2 Å². The highest BCUT2D eigenvalue weighted by atomic mass is 32.1. The number of aryl methyl sites for hydroxylation is 3. The number of aliphatic hydroxyl groups excluding tert-OH is 1. The number of hydrogen-bond donors (Lipinski definition) is 1. The molecule has 1 aliphatic rings. The third kappa shape index (κ3) is 3.78. The lowest BCUT2D eigenvalue weighted by molar-refractivity contribution is -0.132. The summed E-state index contributed by atoms with van der Waals surface area (Å²) in [5, 5.41) is 20.4. The van der Waals surface area contributed by atoms with E-state index >= 15 is 0 Å². The number of benzene rings is 2. The summed E-state index contributed by atoms with van der Waals surface area (Å²) in [5.74, 6) is -1.02. The third-order valence-corrected chi connectivity index (χ3v) is 6.16. The van der Waals surface area contributed by atoms with Gasteiger partial charge >= 0.3 is 5.91 Å². The molecule has 3 aromatic rings. The number of hydrogen-bond acceptors (Lipinski definition) is 7. The smallest absolute Gasteiger partial charge is 0.301 e. The number of ether oxygens (including phenoxy) is 1. The van der Waals surface area contributed by atoms with Crippen molar-refractivity contribution in [1.29, 1.82) is 0 Å². The van der Waals surface area contributed by atoms with Crippen molar-refractivity contribution < 1.29 is 19.4 Å². The Kier molecular flexibility index (Phi) is 5.80. The van der Waals surface area contributed by atoms with Crippen molar-refractivity contribution in [2.75, 3.05) is 11.5 Å². The van der Waals surface area contributed by atoms with Crippen LogP contribution in [0.1, 0.15) is 40.2 Å². The van der Waals surface area contributed by atoms with Crippen molar-refractivity contribution in [2.45, 2.75) is 33.7 Å². The minimum absolute atomic E-state index is 0.0284. The minimum atomic E-state index is -0.835. The molecule has 164 valence electrons. The Balaban J connectivity index is 1.93. The molecule has 2 aromatic carbocycles. The predicted molar refractivity (Wildman–Crippen MR) is 123 cm³/mol. The molecule has 1 fully saturated rings. The molecule has 0 spiro atoms. The quantitative estimate of drug-likeness (QED) is 0.351. The number of nitrogens with zero attached hydrogens (tertiary/aromatic N) is 3. The van der Waals surface area contributed by atoms with Crippen LogP contribution in [0.2, 0.25) is 0 Å². The number of anilines is 1. The molecule has 4 rings (SSSR count). The van der Waals surface area contributed by atoms with Crippen LogP contribution in [0.5, 0.6) is 5.75 Å². The monoisotopic (exact) mass is 449 g/mol. The van der Waals surface area contributed by atoms with E-state index in [-0.39, 0.29) is 11.3 Å². The molecule has 0 aliphatic carbocycles. The Labute approximate surface area is 190 Å². The van der Waals surface area contributed by atoms with Crippen LogP contribution in [0.25, 0.3) is 5.76 Å². The van der Waals surface area contributed by atoms with Crippen molar-refractivity contribution in [3.8, 4) is 5.75 Å². The lowest BCUT2D eigenvalue weighted by atomic mass is 9.93. The molecule has 1 aliphatic heterocycles. The highest BCUT2D eigenvalue weighted by Crippen LogP contribution is 2.43. The van der Waals surface area contributed by atoms with Crippen LogP contribution in [0.15, 0.2) is 48.0 Å². The normalized spacial score (nSPS) is 17.8. The van der Waals surface area contributed by atoms with Crippen LogP contribution in [0.4, 0.5) is 5.13 Å². The number of aromatic nitrogens is 2. The number of rotatable bonds is 5. The number of carbonyl (C=O) groups is 2. The first-order chi connectivity index (χ1) is 15.3. The van der Waals surface area contributed by atoms with E-state index in [0.29, 0.717) is 33.6 Å². The van der Waals surface area contributed by atoms with Crippen LogP contribution in [0.3, 0.4) is 0 Å². The molecule has 1 unspecified atom stereocenters. The van der Waals surface area contributed by atoms with Gasteiger partial charge in [-0.2, -0.15) is 0 Å². The molecule has 0 bridgehead atoms. The second kappa shape index (κ2) is 8.55. The molecule has 1 aromatic heterocycles. The van der Waals surface area contributed by atoms with Gasteiger partial charge in [0.2, 0.25) is 5.13 Å². The largest absolute Gasteiger partial charge is 0.507 e. The molecule has 2 heterocycles. The maximum absolute atomic E-state index is 13.2. The summed E-state index contributed by atoms with van der Waals surface area (Å²) in [6, 6.07) is 11.9. The Hall–Kier alpha value is -3.52. The van der Waals surface area contributed by atoms with Gasteiger partial charge in [-0.05, 0) is 57.0 Å². The Morgan fingerprint density at radius 2 is 1.81 bits per heavy atom. The van der Waals surface area contributed by atoms with E-state index in [1.54, 1.807) is 31.2 Å². The molecule has 1 N–H and O–H groups in total. The fourth-order valence-electron chi connectivity index (χ4n) is 3.78. The summed E-state index contributed by atoms with van der Waals surface area (Å²) in [6.45, 7) is 7.95. The molecule has 1 saturated heterocycles. The first-order valence-corrected chi connectivity index (χ1v) is 11.0. The van der Waals surface area contributed by atoms with Crippen LogP contribution in [0, 0.1) is 20.8 Å². The van der Waals surface area contributed by atoms with E-state index in [9.17, 15) is 14.7 Å². The van der Waals surface area contributed by atoms with Gasteiger partial charge < -0.3 is 9.84 Å². The predicted octanol–water partition coefficient (Wildman–Crippen LogP) is 4.49. The SMILES string of the molecule is CCOc1ccc(C2C(=C(O)c3cc(C)ccc3C)C(=O)C(=O)N2c2nnc(C)s2)cc1. The van der Waals surface area contributed by atoms with Crippen molar-refractivity contribution in [2.24, 2.45) is 0 Å². The van der Waals surface area contributed by atoms with Gasteiger partial charge in [0.25, 0.3) is 5.78 Å². The van der Waals surface area contributed by atoms with Gasteiger partial charge in [-0.25, -0.2) is 0 Å². The molecule has 1 atom stereocenters. The molecule has 1 amide bonds. The van der Waals surface area contributed by atoms with Crippen molar-refractivity contribution in [1.82, 2.24) is 10.2 Å². The van der Waals surface area contributed by atoms with Gasteiger partial charge in [0.1, 0.15) is 16.5 Å². The van der Waals surface area contributed by atoms with E-state index in [1.165, 1.54) is 16.2 Å². The molecule has 32 heavy (non-hydrogen) atoms. The fourth-order valence-corrected chi connectivity index (χ4v) is 4.49. The van der Waals surface area contributed by atoms with E-state index in [2.05, 4.69) is 10.2 Å².